The van der Waals surface area contributed by atoms with Crippen LogP contribution in [0.4, 0.5) is 5.95 Å². The lowest BCUT2D eigenvalue weighted by Gasteiger charge is -2.16. The Morgan fingerprint density at radius 1 is 1.44 bits per heavy atom. The van der Waals surface area contributed by atoms with Gasteiger partial charge in [0.15, 0.2) is 17.4 Å². The monoisotopic (exact) mass is 353 g/mol. The number of anilines is 1. The van der Waals surface area contributed by atoms with E-state index in [9.17, 15) is 24.9 Å². The molecule has 11 nitrogen and oxygen atoms in total. The molecule has 4 atom stereocenters. The summed E-state index contributed by atoms with van der Waals surface area (Å²) < 4.78 is 6.70. The van der Waals surface area contributed by atoms with E-state index in [2.05, 4.69) is 20.3 Å². The van der Waals surface area contributed by atoms with Gasteiger partial charge in [-0.2, -0.15) is 4.98 Å². The number of amides is 1. The van der Waals surface area contributed by atoms with Gasteiger partial charge >= 0.3 is 0 Å². The van der Waals surface area contributed by atoms with Crippen molar-refractivity contribution in [1.29, 1.82) is 0 Å². The van der Waals surface area contributed by atoms with Crippen LogP contribution in [0, 0.1) is 5.92 Å². The van der Waals surface area contributed by atoms with E-state index in [4.69, 9.17) is 4.74 Å². The number of fused-ring (bicyclic) bond motifs is 1. The van der Waals surface area contributed by atoms with Crippen molar-refractivity contribution in [1.82, 2.24) is 19.5 Å². The zero-order valence-corrected chi connectivity index (χ0v) is 13.6. The fraction of sp³-hybridized carbons (Fsp3) is 0.571. The second-order valence-corrected chi connectivity index (χ2v) is 6.11. The summed E-state index contributed by atoms with van der Waals surface area (Å²) in [4.78, 5) is 34.4. The molecule has 25 heavy (non-hydrogen) atoms. The van der Waals surface area contributed by atoms with E-state index < -0.39 is 36.7 Å². The molecule has 2 aromatic heterocycles. The number of imidazole rings is 1. The summed E-state index contributed by atoms with van der Waals surface area (Å²) in [6.45, 7) is 2.90. The average Bonchev–Trinajstić information content (AvgIpc) is 3.10. The minimum atomic E-state index is -1.34. The second-order valence-electron chi connectivity index (χ2n) is 6.11. The van der Waals surface area contributed by atoms with Gasteiger partial charge in [0, 0.05) is 5.92 Å². The van der Waals surface area contributed by atoms with Gasteiger partial charge in [-0.05, 0) is 0 Å². The molecule has 1 fully saturated rings. The fourth-order valence-corrected chi connectivity index (χ4v) is 2.54. The Kier molecular flexibility index (Phi) is 4.56. The number of aliphatic hydroxyl groups is 3. The zero-order chi connectivity index (χ0) is 18.3. The Morgan fingerprint density at radius 3 is 2.76 bits per heavy atom. The van der Waals surface area contributed by atoms with Crippen LogP contribution in [0.15, 0.2) is 11.1 Å². The summed E-state index contributed by atoms with van der Waals surface area (Å²) in [6, 6.07) is 0. The number of ether oxygens (including phenoxy) is 1. The smallest absolute Gasteiger partial charge is 0.280 e. The predicted molar refractivity (Wildman–Crippen MR) is 84.6 cm³/mol. The summed E-state index contributed by atoms with van der Waals surface area (Å²) in [5.41, 5.74) is -0.521. The molecule has 3 heterocycles. The summed E-state index contributed by atoms with van der Waals surface area (Å²) in [7, 11) is 0. The van der Waals surface area contributed by atoms with Crippen LogP contribution in [0.1, 0.15) is 20.1 Å². The molecule has 1 aliphatic heterocycles. The molecule has 3 rings (SSSR count). The van der Waals surface area contributed by atoms with E-state index in [1.54, 1.807) is 13.8 Å². The molecule has 0 unspecified atom stereocenters. The highest BCUT2D eigenvalue weighted by atomic mass is 16.6. The van der Waals surface area contributed by atoms with Gasteiger partial charge in [-0.3, -0.25) is 24.5 Å². The summed E-state index contributed by atoms with van der Waals surface area (Å²) in [5, 5.41) is 31.7. The Bertz CT molecular complexity index is 846. The van der Waals surface area contributed by atoms with Crippen LogP contribution in [0.3, 0.4) is 0 Å². The summed E-state index contributed by atoms with van der Waals surface area (Å²) >= 11 is 0. The Balaban J connectivity index is 2.01. The average molecular weight is 353 g/mol. The van der Waals surface area contributed by atoms with E-state index in [1.807, 2.05) is 0 Å². The molecule has 0 aromatic carbocycles. The van der Waals surface area contributed by atoms with E-state index in [1.165, 1.54) is 10.9 Å². The van der Waals surface area contributed by atoms with Gasteiger partial charge in [0.25, 0.3) is 5.56 Å². The van der Waals surface area contributed by atoms with E-state index in [0.29, 0.717) is 0 Å². The summed E-state index contributed by atoms with van der Waals surface area (Å²) in [6.07, 6.45) is -3.46. The number of carbonyl (C=O) groups excluding carboxylic acids is 1. The Hall–Kier alpha value is -2.34. The van der Waals surface area contributed by atoms with Crippen LogP contribution >= 0.6 is 0 Å². The number of rotatable bonds is 4. The molecule has 0 spiro atoms. The third kappa shape index (κ3) is 3.02. The highest BCUT2D eigenvalue weighted by Crippen LogP contribution is 2.30. The molecule has 1 aliphatic rings. The predicted octanol–water partition coefficient (Wildman–Crippen LogP) is -1.67. The van der Waals surface area contributed by atoms with Gasteiger partial charge in [-0.15, -0.1) is 0 Å². The van der Waals surface area contributed by atoms with Gasteiger partial charge in [0.05, 0.1) is 12.9 Å². The van der Waals surface area contributed by atoms with Crippen molar-refractivity contribution < 1.29 is 24.9 Å². The highest BCUT2D eigenvalue weighted by Gasteiger charge is 2.44. The molecular formula is C14H19N5O6. The van der Waals surface area contributed by atoms with Crippen LogP contribution in [0.5, 0.6) is 0 Å². The maximum Gasteiger partial charge on any atom is 0.280 e. The van der Waals surface area contributed by atoms with Gasteiger partial charge in [0.2, 0.25) is 11.9 Å². The molecule has 1 saturated heterocycles. The lowest BCUT2D eigenvalue weighted by atomic mass is 10.1. The number of aromatic amines is 1. The van der Waals surface area contributed by atoms with Crippen LogP contribution in [0.2, 0.25) is 0 Å². The quantitative estimate of drug-likeness (QED) is 0.435. The number of hydrogen-bond donors (Lipinski definition) is 5. The van der Waals surface area contributed by atoms with Crippen LogP contribution in [0.25, 0.3) is 11.2 Å². The van der Waals surface area contributed by atoms with Crippen molar-refractivity contribution in [3.63, 3.8) is 0 Å². The zero-order valence-electron chi connectivity index (χ0n) is 13.6. The summed E-state index contributed by atoms with van der Waals surface area (Å²) in [5.74, 6) is -0.711. The molecule has 0 aliphatic carbocycles. The first-order chi connectivity index (χ1) is 11.8. The van der Waals surface area contributed by atoms with Crippen molar-refractivity contribution in [2.75, 3.05) is 11.9 Å². The van der Waals surface area contributed by atoms with Crippen LogP contribution in [-0.4, -0.2) is 65.7 Å². The topological polar surface area (TPSA) is 163 Å². The fourth-order valence-electron chi connectivity index (χ4n) is 2.54. The molecule has 2 aromatic rings. The van der Waals surface area contributed by atoms with E-state index in [-0.39, 0.29) is 28.9 Å². The van der Waals surface area contributed by atoms with Crippen molar-refractivity contribution in [2.24, 2.45) is 5.92 Å². The molecule has 11 heteroatoms. The number of nitrogens with zero attached hydrogens (tertiary/aromatic N) is 3. The van der Waals surface area contributed by atoms with Crippen molar-refractivity contribution in [2.45, 2.75) is 38.4 Å². The lowest BCUT2D eigenvalue weighted by molar-refractivity contribution is -0.118. The van der Waals surface area contributed by atoms with Gasteiger partial charge in [-0.1, -0.05) is 13.8 Å². The van der Waals surface area contributed by atoms with Gasteiger partial charge in [-0.25, -0.2) is 4.98 Å². The number of aliphatic hydroxyl groups excluding tert-OH is 3. The molecule has 0 bridgehead atoms. The molecule has 136 valence electrons. The first kappa shape index (κ1) is 17.5. The molecular weight excluding hydrogens is 334 g/mol. The maximum atomic E-state index is 12.1. The number of carbonyl (C=O) groups is 1. The Morgan fingerprint density at radius 2 is 2.16 bits per heavy atom. The SMILES string of the molecule is CC(C)C(=O)Nc1nc2c(ncn2[C@H]2O[C@@H](CO)[C@@H](O)[C@@H]2O)c(=O)[nH]1. The first-order valence-corrected chi connectivity index (χ1v) is 7.73. The molecule has 0 saturated carbocycles. The molecule has 5 N–H and O–H groups in total. The lowest BCUT2D eigenvalue weighted by Crippen LogP contribution is -2.33. The van der Waals surface area contributed by atoms with Crippen LogP contribution < -0.4 is 10.9 Å². The largest absolute Gasteiger partial charge is 0.394 e. The third-order valence-electron chi connectivity index (χ3n) is 3.99. The normalized spacial score (nSPS) is 26.5. The molecule has 0 radical (unpaired) electrons. The van der Waals surface area contributed by atoms with Gasteiger partial charge < -0.3 is 20.1 Å². The second kappa shape index (κ2) is 6.52. The molecule has 1 amide bonds. The van der Waals surface area contributed by atoms with Crippen LogP contribution in [-0.2, 0) is 9.53 Å². The number of H-pyrrole nitrogens is 1. The maximum absolute atomic E-state index is 12.1. The standard InChI is InChI=1S/C14H19N5O6/c1-5(2)11(23)17-14-16-10-7(12(24)18-14)15-4-19(10)13-9(22)8(21)6(3-20)25-13/h4-6,8-9,13,20-22H,3H2,1-2H3,(H2,16,17,18,23,24)/t6-,8+,9-,13-/m0/s1. The van der Waals surface area contributed by atoms with Crippen molar-refractivity contribution in [3.8, 4) is 0 Å². The van der Waals surface area contributed by atoms with Gasteiger partial charge in [0.1, 0.15) is 18.3 Å². The Labute approximate surface area is 141 Å². The number of nitrogens with one attached hydrogen (secondary N) is 2. The van der Waals surface area contributed by atoms with E-state index >= 15 is 0 Å². The van der Waals surface area contributed by atoms with Crippen molar-refractivity contribution >= 4 is 23.0 Å². The number of hydrogen-bond acceptors (Lipinski definition) is 8. The van der Waals surface area contributed by atoms with Crippen molar-refractivity contribution in [3.05, 3.63) is 16.7 Å². The highest BCUT2D eigenvalue weighted by molar-refractivity contribution is 5.91. The minimum absolute atomic E-state index is 0.0136. The third-order valence-corrected chi connectivity index (χ3v) is 3.99. The number of aromatic nitrogens is 4. The first-order valence-electron chi connectivity index (χ1n) is 7.73. The minimum Gasteiger partial charge on any atom is -0.394 e. The van der Waals surface area contributed by atoms with E-state index in [0.717, 1.165) is 0 Å².